The number of hydrogen-bond donors (Lipinski definition) is 0. The molecule has 0 bridgehead atoms. The van der Waals surface area contributed by atoms with E-state index in [9.17, 15) is 19.2 Å². The fourth-order valence-corrected chi connectivity index (χ4v) is 4.13. The molecule has 208 valence electrons. The zero-order valence-electron chi connectivity index (χ0n) is 22.4. The van der Waals surface area contributed by atoms with E-state index in [1.807, 2.05) is 13.8 Å². The smallest absolute Gasteiger partial charge is 0.358 e. The number of nitrogens with zero attached hydrogens (tertiary/aromatic N) is 2. The molecule has 0 N–H and O–H groups in total. The first-order valence-electron chi connectivity index (χ1n) is 12.4. The molecule has 0 saturated carbocycles. The fourth-order valence-electron chi connectivity index (χ4n) is 4.13. The van der Waals surface area contributed by atoms with Crippen molar-refractivity contribution in [2.45, 2.75) is 38.6 Å². The summed E-state index contributed by atoms with van der Waals surface area (Å²) in [4.78, 5) is 50.2. The third-order valence-corrected chi connectivity index (χ3v) is 6.36. The summed E-state index contributed by atoms with van der Waals surface area (Å²) < 4.78 is 27.0. The van der Waals surface area contributed by atoms with Gasteiger partial charge in [0.05, 0.1) is 31.5 Å². The molecule has 1 aliphatic rings. The van der Waals surface area contributed by atoms with Gasteiger partial charge in [0, 0.05) is 12.0 Å². The number of benzene rings is 2. The molecular formula is C29H28N2O9. The van der Waals surface area contributed by atoms with E-state index in [2.05, 4.69) is 10.2 Å². The molecular weight excluding hydrogens is 520 g/mol. The van der Waals surface area contributed by atoms with E-state index in [1.165, 1.54) is 20.3 Å². The number of rotatable bonds is 8. The standard InChI is InChI=1S/C29H28N2O9/c1-16-5-9-18(10-6-16)26(32)38-15-24-23(40-27(33)19-11-7-17(2)8-12-19)14-22(39-24)20-13-21(28(34)36-3)30-31-25(20)29(35)37-4/h5-13,22-24H,14-15H2,1-4H3/t22-,23-,24+/m0/s1. The monoisotopic (exact) mass is 548 g/mol. The van der Waals surface area contributed by atoms with Crippen molar-refractivity contribution in [3.8, 4) is 0 Å². The topological polar surface area (TPSA) is 140 Å². The Labute approximate surface area is 230 Å². The maximum Gasteiger partial charge on any atom is 0.358 e. The lowest BCUT2D eigenvalue weighted by Gasteiger charge is -2.19. The van der Waals surface area contributed by atoms with Crippen LogP contribution in [0, 0.1) is 13.8 Å². The van der Waals surface area contributed by atoms with E-state index in [0.717, 1.165) is 11.1 Å². The van der Waals surface area contributed by atoms with E-state index in [-0.39, 0.29) is 30.0 Å². The minimum atomic E-state index is -0.894. The Morgan fingerprint density at radius 2 is 1.38 bits per heavy atom. The van der Waals surface area contributed by atoms with Gasteiger partial charge in [-0.05, 0) is 44.2 Å². The first-order valence-corrected chi connectivity index (χ1v) is 12.4. The molecule has 2 aromatic carbocycles. The van der Waals surface area contributed by atoms with Crippen molar-refractivity contribution < 1.29 is 42.9 Å². The van der Waals surface area contributed by atoms with Crippen molar-refractivity contribution in [2.24, 2.45) is 0 Å². The van der Waals surface area contributed by atoms with Crippen LogP contribution in [0.25, 0.3) is 0 Å². The number of carbonyl (C=O) groups excluding carboxylic acids is 4. The molecule has 0 radical (unpaired) electrons. The van der Waals surface area contributed by atoms with Crippen LogP contribution in [-0.4, -0.2) is 67.1 Å². The fraction of sp³-hybridized carbons (Fsp3) is 0.310. The van der Waals surface area contributed by atoms with Gasteiger partial charge in [0.15, 0.2) is 11.4 Å². The van der Waals surface area contributed by atoms with Crippen LogP contribution in [0.1, 0.15) is 70.9 Å². The number of aromatic nitrogens is 2. The zero-order chi connectivity index (χ0) is 28.8. The minimum absolute atomic E-state index is 0.0701. The average molecular weight is 549 g/mol. The van der Waals surface area contributed by atoms with E-state index in [1.54, 1.807) is 48.5 Å². The number of carbonyl (C=O) groups is 4. The highest BCUT2D eigenvalue weighted by atomic mass is 16.6. The van der Waals surface area contributed by atoms with Gasteiger partial charge in [0.1, 0.15) is 18.8 Å². The molecule has 11 nitrogen and oxygen atoms in total. The summed E-state index contributed by atoms with van der Waals surface area (Å²) in [6, 6.07) is 15.0. The second kappa shape index (κ2) is 12.5. The highest BCUT2D eigenvalue weighted by molar-refractivity contribution is 5.92. The Morgan fingerprint density at radius 1 is 0.800 bits per heavy atom. The summed E-state index contributed by atoms with van der Waals surface area (Å²) in [7, 11) is 2.36. The molecule has 1 fully saturated rings. The van der Waals surface area contributed by atoms with Gasteiger partial charge in [-0.3, -0.25) is 0 Å². The van der Waals surface area contributed by atoms with Crippen molar-refractivity contribution in [2.75, 3.05) is 20.8 Å². The molecule has 11 heteroatoms. The SMILES string of the molecule is COC(=O)c1cc([C@@H]2C[C@H](OC(=O)c3ccc(C)cc3)[C@@H](COC(=O)c3ccc(C)cc3)O2)c(C(=O)OC)nn1. The van der Waals surface area contributed by atoms with Crippen LogP contribution in [-0.2, 0) is 23.7 Å². The molecule has 2 heterocycles. The Bertz CT molecular complexity index is 1400. The van der Waals surface area contributed by atoms with Crippen LogP contribution in [0.3, 0.4) is 0 Å². The zero-order valence-corrected chi connectivity index (χ0v) is 22.4. The number of aryl methyl sites for hydroxylation is 2. The van der Waals surface area contributed by atoms with Crippen molar-refractivity contribution >= 4 is 23.9 Å². The lowest BCUT2D eigenvalue weighted by molar-refractivity contribution is -0.0429. The summed E-state index contributed by atoms with van der Waals surface area (Å²) in [5, 5.41) is 7.60. The number of ether oxygens (including phenoxy) is 5. The van der Waals surface area contributed by atoms with Crippen LogP contribution in [0.2, 0.25) is 0 Å². The highest BCUT2D eigenvalue weighted by Gasteiger charge is 2.42. The van der Waals surface area contributed by atoms with Gasteiger partial charge in [0.25, 0.3) is 0 Å². The quantitative estimate of drug-likeness (QED) is 0.301. The lowest BCUT2D eigenvalue weighted by Crippen LogP contribution is -2.32. The van der Waals surface area contributed by atoms with Gasteiger partial charge >= 0.3 is 23.9 Å². The molecule has 0 spiro atoms. The second-order valence-corrected chi connectivity index (χ2v) is 9.19. The summed E-state index contributed by atoms with van der Waals surface area (Å²) in [5.74, 6) is -2.75. The molecule has 3 aromatic rings. The van der Waals surface area contributed by atoms with Gasteiger partial charge in [-0.2, -0.15) is 0 Å². The summed E-state index contributed by atoms with van der Waals surface area (Å²) >= 11 is 0. The Balaban J connectivity index is 1.61. The van der Waals surface area contributed by atoms with Crippen LogP contribution >= 0.6 is 0 Å². The predicted octanol–water partition coefficient (Wildman–Crippen LogP) is 3.58. The molecule has 1 aliphatic heterocycles. The van der Waals surface area contributed by atoms with E-state index in [4.69, 9.17) is 23.7 Å². The Kier molecular flexibility index (Phi) is 8.85. The normalized spacial score (nSPS) is 18.1. The Morgan fingerprint density at radius 3 is 1.95 bits per heavy atom. The maximum absolute atomic E-state index is 13.0. The first kappa shape index (κ1) is 28.4. The number of methoxy groups -OCH3 is 2. The van der Waals surface area contributed by atoms with Gasteiger partial charge in [-0.15, -0.1) is 10.2 Å². The first-order chi connectivity index (χ1) is 19.2. The molecule has 0 unspecified atom stereocenters. The van der Waals surface area contributed by atoms with Gasteiger partial charge in [0.2, 0.25) is 0 Å². The molecule has 3 atom stereocenters. The highest BCUT2D eigenvalue weighted by Crippen LogP contribution is 2.37. The van der Waals surface area contributed by atoms with E-state index < -0.39 is 42.2 Å². The van der Waals surface area contributed by atoms with Crippen LogP contribution < -0.4 is 0 Å². The van der Waals surface area contributed by atoms with E-state index >= 15 is 0 Å². The molecule has 1 aromatic heterocycles. The van der Waals surface area contributed by atoms with Gasteiger partial charge < -0.3 is 23.7 Å². The van der Waals surface area contributed by atoms with E-state index in [0.29, 0.717) is 11.1 Å². The van der Waals surface area contributed by atoms with Crippen LogP contribution in [0.5, 0.6) is 0 Å². The average Bonchev–Trinajstić information content (AvgIpc) is 3.37. The van der Waals surface area contributed by atoms with Gasteiger partial charge in [-0.25, -0.2) is 19.2 Å². The van der Waals surface area contributed by atoms with Crippen molar-refractivity contribution in [1.82, 2.24) is 10.2 Å². The van der Waals surface area contributed by atoms with Crippen molar-refractivity contribution in [3.63, 3.8) is 0 Å². The van der Waals surface area contributed by atoms with Crippen LogP contribution in [0.15, 0.2) is 54.6 Å². The Hall–Kier alpha value is -4.64. The third-order valence-electron chi connectivity index (χ3n) is 6.36. The maximum atomic E-state index is 13.0. The molecule has 40 heavy (non-hydrogen) atoms. The largest absolute Gasteiger partial charge is 0.464 e. The summed E-state index contributed by atoms with van der Waals surface area (Å²) in [5.41, 5.74) is 2.49. The number of hydrogen-bond acceptors (Lipinski definition) is 11. The number of esters is 4. The molecule has 0 amide bonds. The second-order valence-electron chi connectivity index (χ2n) is 9.19. The predicted molar refractivity (Wildman–Crippen MR) is 139 cm³/mol. The van der Waals surface area contributed by atoms with Crippen LogP contribution in [0.4, 0.5) is 0 Å². The molecule has 4 rings (SSSR count). The third kappa shape index (κ3) is 6.49. The minimum Gasteiger partial charge on any atom is -0.464 e. The van der Waals surface area contributed by atoms with Gasteiger partial charge in [-0.1, -0.05) is 35.4 Å². The summed E-state index contributed by atoms with van der Waals surface area (Å²) in [6.07, 6.45) is -2.58. The van der Waals surface area contributed by atoms with Crippen molar-refractivity contribution in [3.05, 3.63) is 93.8 Å². The molecule has 1 saturated heterocycles. The molecule has 0 aliphatic carbocycles. The van der Waals surface area contributed by atoms with Crippen molar-refractivity contribution in [1.29, 1.82) is 0 Å². The summed E-state index contributed by atoms with van der Waals surface area (Å²) in [6.45, 7) is 3.55. The lowest BCUT2D eigenvalue weighted by atomic mass is 10.0.